The molecule has 0 aliphatic carbocycles. The number of carboxylic acid groups (broad SMARTS) is 1. The Kier molecular flexibility index (Phi) is 3.66. The van der Waals surface area contributed by atoms with E-state index in [2.05, 4.69) is 16.3 Å². The third-order valence-corrected chi connectivity index (χ3v) is 3.55. The summed E-state index contributed by atoms with van der Waals surface area (Å²) >= 11 is 1.14. The Morgan fingerprint density at radius 1 is 1.68 bits per heavy atom. The fourth-order valence-corrected chi connectivity index (χ4v) is 2.61. The number of carbonyl (C=O) groups excluding carboxylic acids is 1. The number of hydrogen-bond acceptors (Lipinski definition) is 6. The highest BCUT2D eigenvalue weighted by Crippen LogP contribution is 2.33. The molecule has 0 aliphatic rings. The maximum absolute atomic E-state index is 13.8. The minimum absolute atomic E-state index is 0.00885. The van der Waals surface area contributed by atoms with Gasteiger partial charge in [0.25, 0.3) is 6.16 Å². The van der Waals surface area contributed by atoms with Crippen LogP contribution >= 0.6 is 11.3 Å². The maximum atomic E-state index is 13.8. The van der Waals surface area contributed by atoms with Crippen molar-refractivity contribution >= 4 is 33.4 Å². The Hall–Kier alpha value is -2.15. The van der Waals surface area contributed by atoms with Crippen molar-refractivity contribution in [2.24, 2.45) is 0 Å². The number of nitrogen functional groups attached to an aromatic ring is 1. The van der Waals surface area contributed by atoms with Crippen molar-refractivity contribution in [2.45, 2.75) is 12.5 Å². The molecule has 0 saturated carbocycles. The second-order valence-electron chi connectivity index (χ2n) is 3.75. The summed E-state index contributed by atoms with van der Waals surface area (Å²) in [6.07, 6.45) is -0.790. The number of hydrogen-bond donors (Lipinski definition) is 1. The molecule has 2 aromatic rings. The lowest BCUT2D eigenvalue weighted by Crippen LogP contribution is -2.25. The van der Waals surface area contributed by atoms with Gasteiger partial charge in [0.15, 0.2) is 5.82 Å². The Balaban J connectivity index is 2.45. The number of anilines is 1. The molecule has 1 aromatic carbocycles. The van der Waals surface area contributed by atoms with E-state index < -0.39 is 18.1 Å². The summed E-state index contributed by atoms with van der Waals surface area (Å²) in [6, 6.07) is 3.06. The van der Waals surface area contributed by atoms with Gasteiger partial charge in [-0.1, -0.05) is 6.08 Å². The summed E-state index contributed by atoms with van der Waals surface area (Å²) in [5, 5.41) is 10.8. The molecular formula is C12H10FN2O3S-. The van der Waals surface area contributed by atoms with Crippen LogP contribution in [-0.2, 0) is 4.74 Å². The largest absolute Gasteiger partial charge is 0.539 e. The number of fused-ring (bicyclic) bond motifs is 1. The average Bonchev–Trinajstić information content (AvgIpc) is 2.77. The van der Waals surface area contributed by atoms with Gasteiger partial charge in [0.05, 0.1) is 16.5 Å². The highest BCUT2D eigenvalue weighted by atomic mass is 32.1. The first-order valence-electron chi connectivity index (χ1n) is 5.36. The molecule has 100 valence electrons. The molecule has 0 bridgehead atoms. The molecule has 0 fully saturated rings. The lowest BCUT2D eigenvalue weighted by Gasteiger charge is -2.17. The van der Waals surface area contributed by atoms with Crippen LogP contribution in [0.4, 0.5) is 14.9 Å². The number of halogens is 1. The second-order valence-corrected chi connectivity index (χ2v) is 4.81. The molecule has 19 heavy (non-hydrogen) atoms. The molecule has 0 amide bonds. The zero-order valence-electron chi connectivity index (χ0n) is 9.76. The van der Waals surface area contributed by atoms with Gasteiger partial charge in [-0.2, -0.15) is 0 Å². The minimum Gasteiger partial charge on any atom is -0.539 e. The Morgan fingerprint density at radius 2 is 2.42 bits per heavy atom. The van der Waals surface area contributed by atoms with Gasteiger partial charge in [0.1, 0.15) is 10.5 Å². The van der Waals surface area contributed by atoms with E-state index in [-0.39, 0.29) is 17.6 Å². The zero-order valence-corrected chi connectivity index (χ0v) is 10.6. The predicted octanol–water partition coefficient (Wildman–Crippen LogP) is 1.99. The zero-order chi connectivity index (χ0) is 14.0. The topological polar surface area (TPSA) is 88.3 Å². The molecule has 5 nitrogen and oxygen atoms in total. The third kappa shape index (κ3) is 2.65. The van der Waals surface area contributed by atoms with Gasteiger partial charge in [0.2, 0.25) is 0 Å². The molecule has 1 aromatic heterocycles. The van der Waals surface area contributed by atoms with Crippen molar-refractivity contribution in [3.63, 3.8) is 0 Å². The fourth-order valence-electron chi connectivity index (χ4n) is 1.60. The number of nitrogens with two attached hydrogens (primary N) is 1. The molecule has 2 rings (SSSR count). The predicted molar refractivity (Wildman–Crippen MR) is 68.0 cm³/mol. The number of benzene rings is 1. The third-order valence-electron chi connectivity index (χ3n) is 2.44. The summed E-state index contributed by atoms with van der Waals surface area (Å²) in [5.74, 6) is -0.620. The fraction of sp³-hybridized carbons (Fsp3) is 0.167. The van der Waals surface area contributed by atoms with Crippen LogP contribution in [0.15, 0.2) is 24.8 Å². The van der Waals surface area contributed by atoms with E-state index in [0.717, 1.165) is 11.3 Å². The SMILES string of the molecule is C=CCC(OC(=O)[O-])c1nc2c(F)c(N)ccc2s1. The Bertz CT molecular complexity index is 641. The summed E-state index contributed by atoms with van der Waals surface area (Å²) in [5.41, 5.74) is 5.55. The van der Waals surface area contributed by atoms with E-state index >= 15 is 0 Å². The van der Waals surface area contributed by atoms with Crippen molar-refractivity contribution in [1.82, 2.24) is 4.98 Å². The molecule has 7 heteroatoms. The van der Waals surface area contributed by atoms with Crippen molar-refractivity contribution in [1.29, 1.82) is 0 Å². The molecule has 2 N–H and O–H groups in total. The van der Waals surface area contributed by atoms with Crippen LogP contribution in [-0.4, -0.2) is 11.1 Å². The van der Waals surface area contributed by atoms with Crippen molar-refractivity contribution in [2.75, 3.05) is 5.73 Å². The molecule has 1 heterocycles. The highest BCUT2D eigenvalue weighted by Gasteiger charge is 2.17. The first-order chi connectivity index (χ1) is 9.02. The number of nitrogens with zero attached hydrogens (tertiary/aromatic N) is 1. The smallest absolute Gasteiger partial charge is 0.252 e. The maximum Gasteiger partial charge on any atom is 0.252 e. The lowest BCUT2D eigenvalue weighted by atomic mass is 10.2. The van der Waals surface area contributed by atoms with Crippen LogP contribution in [0.2, 0.25) is 0 Å². The van der Waals surface area contributed by atoms with E-state index in [4.69, 9.17) is 5.73 Å². The molecule has 0 radical (unpaired) electrons. The van der Waals surface area contributed by atoms with E-state index in [9.17, 15) is 14.3 Å². The summed E-state index contributed by atoms with van der Waals surface area (Å²) in [7, 11) is 0. The lowest BCUT2D eigenvalue weighted by molar-refractivity contribution is -0.288. The number of carbonyl (C=O) groups is 1. The van der Waals surface area contributed by atoms with Gasteiger partial charge in [-0.15, -0.1) is 17.9 Å². The van der Waals surface area contributed by atoms with Gasteiger partial charge in [-0.3, -0.25) is 0 Å². The summed E-state index contributed by atoms with van der Waals surface area (Å²) in [6.45, 7) is 3.51. The quantitative estimate of drug-likeness (QED) is 0.526. The summed E-state index contributed by atoms with van der Waals surface area (Å²) in [4.78, 5) is 14.6. The van der Waals surface area contributed by atoms with E-state index in [0.29, 0.717) is 9.71 Å². The van der Waals surface area contributed by atoms with Gasteiger partial charge < -0.3 is 20.4 Å². The van der Waals surface area contributed by atoms with Gasteiger partial charge in [-0.25, -0.2) is 9.37 Å². The Morgan fingerprint density at radius 3 is 3.05 bits per heavy atom. The van der Waals surface area contributed by atoms with E-state index in [1.807, 2.05) is 0 Å². The van der Waals surface area contributed by atoms with Crippen LogP contribution in [0.3, 0.4) is 0 Å². The van der Waals surface area contributed by atoms with E-state index in [1.54, 1.807) is 6.07 Å². The number of thiazole rings is 1. The van der Waals surface area contributed by atoms with Crippen LogP contribution in [0, 0.1) is 5.82 Å². The van der Waals surface area contributed by atoms with Crippen LogP contribution < -0.4 is 10.8 Å². The van der Waals surface area contributed by atoms with Crippen molar-refractivity contribution < 1.29 is 19.0 Å². The average molecular weight is 281 g/mol. The first-order valence-corrected chi connectivity index (χ1v) is 6.17. The van der Waals surface area contributed by atoms with Crippen molar-refractivity contribution in [3.8, 4) is 0 Å². The normalized spacial score (nSPS) is 12.3. The highest BCUT2D eigenvalue weighted by molar-refractivity contribution is 7.18. The Labute approximate surface area is 112 Å². The van der Waals surface area contributed by atoms with Crippen LogP contribution in [0.5, 0.6) is 0 Å². The standard InChI is InChI=1S/C12H11FN2O3S/c1-2-3-7(18-12(16)17)11-15-10-8(19-11)5-4-6(14)9(10)13/h2,4-5,7H,1,3,14H2,(H,16,17)/p-1. The van der Waals surface area contributed by atoms with Gasteiger partial charge in [0, 0.05) is 0 Å². The second kappa shape index (κ2) is 5.23. The van der Waals surface area contributed by atoms with E-state index in [1.165, 1.54) is 12.1 Å². The number of rotatable bonds is 4. The molecule has 1 atom stereocenters. The van der Waals surface area contributed by atoms with Crippen LogP contribution in [0.1, 0.15) is 17.5 Å². The first kappa shape index (κ1) is 13.3. The summed E-state index contributed by atoms with van der Waals surface area (Å²) < 4.78 is 18.9. The monoisotopic (exact) mass is 281 g/mol. The van der Waals surface area contributed by atoms with Gasteiger partial charge >= 0.3 is 0 Å². The number of aromatic nitrogens is 1. The molecule has 0 aliphatic heterocycles. The van der Waals surface area contributed by atoms with Crippen molar-refractivity contribution in [3.05, 3.63) is 35.6 Å². The number of ether oxygens (including phenoxy) is 1. The van der Waals surface area contributed by atoms with Crippen LogP contribution in [0.25, 0.3) is 10.2 Å². The molecule has 1 unspecified atom stereocenters. The minimum atomic E-state index is -1.66. The van der Waals surface area contributed by atoms with Gasteiger partial charge in [-0.05, 0) is 18.6 Å². The molecule has 0 spiro atoms. The molecule has 0 saturated heterocycles. The molecular weight excluding hydrogens is 271 g/mol.